The van der Waals surface area contributed by atoms with Gasteiger partial charge in [0.1, 0.15) is 6.61 Å². The fourth-order valence-corrected chi connectivity index (χ4v) is 1.90. The van der Waals surface area contributed by atoms with Crippen LogP contribution in [0.1, 0.15) is 31.5 Å². The zero-order valence-electron chi connectivity index (χ0n) is 13.5. The monoisotopic (exact) mass is 296 g/mol. The summed E-state index contributed by atoms with van der Waals surface area (Å²) in [4.78, 5) is 4.53. The lowest BCUT2D eigenvalue weighted by Crippen LogP contribution is -2.14. The van der Waals surface area contributed by atoms with Gasteiger partial charge in [-0.25, -0.2) is 4.98 Å². The first-order valence-corrected chi connectivity index (χ1v) is 7.70. The van der Waals surface area contributed by atoms with E-state index in [0.29, 0.717) is 32.3 Å². The molecule has 0 fully saturated rings. The lowest BCUT2D eigenvalue weighted by atomic mass is 10.1. The molecule has 0 amide bonds. The summed E-state index contributed by atoms with van der Waals surface area (Å²) in [5, 5.41) is 3.33. The van der Waals surface area contributed by atoms with Crippen LogP contribution < -0.4 is 10.1 Å². The fraction of sp³-hybridized carbons (Fsp3) is 0.688. The molecule has 0 aliphatic carbocycles. The number of aromatic nitrogens is 1. The van der Waals surface area contributed by atoms with Crippen molar-refractivity contribution in [2.75, 3.05) is 40.1 Å². The van der Waals surface area contributed by atoms with Crippen LogP contribution in [0.25, 0.3) is 0 Å². The van der Waals surface area contributed by atoms with Gasteiger partial charge in [-0.15, -0.1) is 0 Å². The molecule has 0 bridgehead atoms. The Bertz CT molecular complexity index is 386. The van der Waals surface area contributed by atoms with Crippen molar-refractivity contribution in [1.29, 1.82) is 0 Å². The van der Waals surface area contributed by atoms with E-state index in [-0.39, 0.29) is 0 Å². The number of aryl methyl sites for hydroxylation is 1. The van der Waals surface area contributed by atoms with Crippen LogP contribution in [0.4, 0.5) is 0 Å². The smallest absolute Gasteiger partial charge is 0.213 e. The molecule has 0 aromatic carbocycles. The second-order valence-electron chi connectivity index (χ2n) is 4.79. The minimum atomic E-state index is 0.507. The average molecular weight is 296 g/mol. The van der Waals surface area contributed by atoms with Crippen molar-refractivity contribution in [3.8, 4) is 5.88 Å². The van der Waals surface area contributed by atoms with Gasteiger partial charge in [0.2, 0.25) is 5.88 Å². The molecule has 1 N–H and O–H groups in total. The number of methoxy groups -OCH3 is 1. The Morgan fingerprint density at radius 2 is 1.90 bits per heavy atom. The van der Waals surface area contributed by atoms with Gasteiger partial charge >= 0.3 is 0 Å². The van der Waals surface area contributed by atoms with Crippen LogP contribution in [0.3, 0.4) is 0 Å². The van der Waals surface area contributed by atoms with Crippen molar-refractivity contribution < 1.29 is 14.2 Å². The van der Waals surface area contributed by atoms with Crippen molar-refractivity contribution in [3.63, 3.8) is 0 Å². The van der Waals surface area contributed by atoms with Crippen LogP contribution in [-0.4, -0.2) is 45.1 Å². The van der Waals surface area contributed by atoms with Gasteiger partial charge in [0.25, 0.3) is 0 Å². The SMILES string of the molecule is CCCc1cc(CNCC)cc(OCCOCCOC)n1. The van der Waals surface area contributed by atoms with Crippen LogP contribution in [-0.2, 0) is 22.4 Å². The van der Waals surface area contributed by atoms with Gasteiger partial charge in [-0.2, -0.15) is 0 Å². The highest BCUT2D eigenvalue weighted by molar-refractivity contribution is 5.25. The summed E-state index contributed by atoms with van der Waals surface area (Å²) in [7, 11) is 1.66. The minimum Gasteiger partial charge on any atom is -0.475 e. The molecule has 0 unspecified atom stereocenters. The van der Waals surface area contributed by atoms with E-state index in [1.807, 2.05) is 6.07 Å². The largest absolute Gasteiger partial charge is 0.475 e. The van der Waals surface area contributed by atoms with E-state index < -0.39 is 0 Å². The maximum Gasteiger partial charge on any atom is 0.213 e. The predicted molar refractivity (Wildman–Crippen MR) is 83.8 cm³/mol. The molecule has 0 aliphatic heterocycles. The molecule has 120 valence electrons. The zero-order chi connectivity index (χ0) is 15.3. The fourth-order valence-electron chi connectivity index (χ4n) is 1.90. The summed E-state index contributed by atoms with van der Waals surface area (Å²) in [6.45, 7) is 8.31. The third-order valence-electron chi connectivity index (χ3n) is 2.91. The highest BCUT2D eigenvalue weighted by Gasteiger charge is 2.04. The number of nitrogens with one attached hydrogen (secondary N) is 1. The van der Waals surface area contributed by atoms with E-state index in [1.54, 1.807) is 7.11 Å². The summed E-state index contributed by atoms with van der Waals surface area (Å²) in [6.07, 6.45) is 2.05. The molecule has 0 atom stereocenters. The molecule has 1 rings (SSSR count). The van der Waals surface area contributed by atoms with Crippen LogP contribution in [0.2, 0.25) is 0 Å². The highest BCUT2D eigenvalue weighted by Crippen LogP contribution is 2.14. The van der Waals surface area contributed by atoms with Crippen molar-refractivity contribution in [2.24, 2.45) is 0 Å². The van der Waals surface area contributed by atoms with E-state index in [2.05, 4.69) is 30.2 Å². The number of ether oxygens (including phenoxy) is 3. The molecule has 1 heterocycles. The van der Waals surface area contributed by atoms with Gasteiger partial charge in [-0.3, -0.25) is 0 Å². The van der Waals surface area contributed by atoms with E-state index in [9.17, 15) is 0 Å². The number of hydrogen-bond acceptors (Lipinski definition) is 5. The molecular weight excluding hydrogens is 268 g/mol. The summed E-state index contributed by atoms with van der Waals surface area (Å²) in [6, 6.07) is 4.14. The Labute approximate surface area is 128 Å². The molecule has 21 heavy (non-hydrogen) atoms. The Morgan fingerprint density at radius 3 is 2.62 bits per heavy atom. The van der Waals surface area contributed by atoms with Crippen molar-refractivity contribution in [3.05, 3.63) is 23.4 Å². The van der Waals surface area contributed by atoms with E-state index in [0.717, 1.165) is 31.6 Å². The molecular formula is C16H28N2O3. The summed E-state index contributed by atoms with van der Waals surface area (Å²) in [5.41, 5.74) is 2.30. The standard InChI is InChI=1S/C16H28N2O3/c1-4-6-15-11-14(13-17-5-2)12-16(18-15)21-10-9-20-8-7-19-3/h11-12,17H,4-10,13H2,1-3H3. The zero-order valence-corrected chi connectivity index (χ0v) is 13.5. The van der Waals surface area contributed by atoms with Gasteiger partial charge in [0, 0.05) is 25.4 Å². The molecule has 0 aliphatic rings. The maximum atomic E-state index is 5.69. The van der Waals surface area contributed by atoms with E-state index in [1.165, 1.54) is 5.56 Å². The number of hydrogen-bond donors (Lipinski definition) is 1. The number of nitrogens with zero attached hydrogens (tertiary/aromatic N) is 1. The third-order valence-corrected chi connectivity index (χ3v) is 2.91. The normalized spacial score (nSPS) is 10.8. The topological polar surface area (TPSA) is 52.6 Å². The summed E-state index contributed by atoms with van der Waals surface area (Å²) < 4.78 is 16.0. The average Bonchev–Trinajstić information content (AvgIpc) is 2.49. The summed E-state index contributed by atoms with van der Waals surface area (Å²) in [5.74, 6) is 0.684. The van der Waals surface area contributed by atoms with Gasteiger partial charge in [-0.05, 0) is 24.6 Å². The quantitative estimate of drug-likeness (QED) is 0.599. The highest BCUT2D eigenvalue weighted by atomic mass is 16.5. The number of pyridine rings is 1. The number of rotatable bonds is 12. The molecule has 0 radical (unpaired) electrons. The Morgan fingerprint density at radius 1 is 1.10 bits per heavy atom. The third kappa shape index (κ3) is 7.99. The summed E-state index contributed by atoms with van der Waals surface area (Å²) >= 11 is 0. The van der Waals surface area contributed by atoms with E-state index in [4.69, 9.17) is 14.2 Å². The molecule has 1 aromatic rings. The van der Waals surface area contributed by atoms with Gasteiger partial charge < -0.3 is 19.5 Å². The second kappa shape index (κ2) is 11.5. The first-order chi connectivity index (χ1) is 10.3. The van der Waals surface area contributed by atoms with Crippen molar-refractivity contribution in [2.45, 2.75) is 33.2 Å². The molecule has 0 saturated carbocycles. The molecule has 5 nitrogen and oxygen atoms in total. The predicted octanol–water partition coefficient (Wildman–Crippen LogP) is 2.19. The first-order valence-electron chi connectivity index (χ1n) is 7.70. The van der Waals surface area contributed by atoms with Crippen LogP contribution in [0.15, 0.2) is 12.1 Å². The maximum absolute atomic E-state index is 5.69. The first kappa shape index (κ1) is 17.9. The Balaban J connectivity index is 2.48. The lowest BCUT2D eigenvalue weighted by molar-refractivity contribution is 0.0536. The van der Waals surface area contributed by atoms with E-state index >= 15 is 0 Å². The minimum absolute atomic E-state index is 0.507. The van der Waals surface area contributed by atoms with Gasteiger partial charge in [0.15, 0.2) is 0 Å². The Kier molecular flexibility index (Phi) is 9.78. The van der Waals surface area contributed by atoms with Gasteiger partial charge in [-0.1, -0.05) is 20.3 Å². The van der Waals surface area contributed by atoms with Crippen molar-refractivity contribution >= 4 is 0 Å². The molecule has 0 saturated heterocycles. The molecule has 1 aromatic heterocycles. The lowest BCUT2D eigenvalue weighted by Gasteiger charge is -2.10. The van der Waals surface area contributed by atoms with Crippen molar-refractivity contribution in [1.82, 2.24) is 10.3 Å². The van der Waals surface area contributed by atoms with Crippen LogP contribution in [0.5, 0.6) is 5.88 Å². The molecule has 0 spiro atoms. The Hall–Kier alpha value is -1.17. The van der Waals surface area contributed by atoms with Gasteiger partial charge in [0.05, 0.1) is 19.8 Å². The second-order valence-corrected chi connectivity index (χ2v) is 4.79. The van der Waals surface area contributed by atoms with Crippen LogP contribution in [0, 0.1) is 0 Å². The van der Waals surface area contributed by atoms with Crippen LogP contribution >= 0.6 is 0 Å². The molecule has 5 heteroatoms.